The van der Waals surface area contributed by atoms with Crippen LogP contribution in [0.3, 0.4) is 0 Å². The summed E-state index contributed by atoms with van der Waals surface area (Å²) >= 11 is 7.82. The second kappa shape index (κ2) is 11.3. The van der Waals surface area contributed by atoms with Crippen molar-refractivity contribution in [3.63, 3.8) is 0 Å². The Bertz CT molecular complexity index is 964. The number of amides is 1. The second-order valence-electron chi connectivity index (χ2n) is 9.21. The van der Waals surface area contributed by atoms with E-state index in [4.69, 9.17) is 11.6 Å². The van der Waals surface area contributed by atoms with Gasteiger partial charge in [-0.05, 0) is 61.2 Å². The molecule has 3 rings (SSSR count). The first-order valence-corrected chi connectivity index (χ1v) is 12.5. The van der Waals surface area contributed by atoms with E-state index in [-0.39, 0.29) is 5.91 Å². The molecule has 32 heavy (non-hydrogen) atoms. The molecule has 0 saturated heterocycles. The van der Waals surface area contributed by atoms with Crippen molar-refractivity contribution in [2.45, 2.75) is 43.9 Å². The van der Waals surface area contributed by atoms with Crippen LogP contribution in [0, 0.1) is 11.8 Å². The topological polar surface area (TPSA) is 44.4 Å². The summed E-state index contributed by atoms with van der Waals surface area (Å²) in [5, 5.41) is 7.12. The summed E-state index contributed by atoms with van der Waals surface area (Å²) in [5.74, 6) is 1.24. The molecule has 1 amide bonds. The molecule has 0 aromatic heterocycles. The van der Waals surface area contributed by atoms with Crippen LogP contribution in [0.25, 0.3) is 5.70 Å². The number of hydrogen-bond acceptors (Lipinski definition) is 4. The normalized spacial score (nSPS) is 13.1. The van der Waals surface area contributed by atoms with E-state index in [0.29, 0.717) is 29.0 Å². The molecule has 6 heteroatoms. The van der Waals surface area contributed by atoms with Crippen molar-refractivity contribution < 1.29 is 4.79 Å². The lowest BCUT2D eigenvalue weighted by atomic mass is 10.1. The molecule has 1 heterocycles. The molecule has 1 aliphatic heterocycles. The number of hydrogen-bond donors (Lipinski definition) is 2. The summed E-state index contributed by atoms with van der Waals surface area (Å²) in [6.07, 6.45) is 0.942. The van der Waals surface area contributed by atoms with Crippen molar-refractivity contribution in [1.29, 1.82) is 0 Å². The standard InChI is InChI=1S/C26H34ClN3OS/c1-17(2)15-30(16-18(3)4)12-6-11-28-26(31)20-7-9-25-23(13-20)29-19(5)22-14-21(27)8-10-24(22)32-25/h7-10,13-14,17-18,29H,5-6,11-12,15-16H2,1-4H3,(H,28,31). The van der Waals surface area contributed by atoms with Gasteiger partial charge < -0.3 is 15.5 Å². The van der Waals surface area contributed by atoms with E-state index >= 15 is 0 Å². The van der Waals surface area contributed by atoms with Gasteiger partial charge in [0.15, 0.2) is 0 Å². The summed E-state index contributed by atoms with van der Waals surface area (Å²) in [6, 6.07) is 11.6. The van der Waals surface area contributed by atoms with Crippen molar-refractivity contribution in [2.24, 2.45) is 11.8 Å². The minimum absolute atomic E-state index is 0.0470. The number of nitrogens with zero attached hydrogens (tertiary/aromatic N) is 1. The molecular weight excluding hydrogens is 438 g/mol. The van der Waals surface area contributed by atoms with Gasteiger partial charge in [-0.2, -0.15) is 0 Å². The lowest BCUT2D eigenvalue weighted by Gasteiger charge is -2.26. The predicted octanol–water partition coefficient (Wildman–Crippen LogP) is 6.62. The maximum atomic E-state index is 12.8. The Hall–Kier alpha value is -1.95. The SMILES string of the molecule is C=C1Nc2cc(C(=O)NCCCN(CC(C)C)CC(C)C)ccc2Sc2ccc(Cl)cc21. The number of nitrogens with one attached hydrogen (secondary N) is 2. The quantitative estimate of drug-likeness (QED) is 0.403. The predicted molar refractivity (Wildman–Crippen MR) is 138 cm³/mol. The van der Waals surface area contributed by atoms with Gasteiger partial charge in [0.2, 0.25) is 0 Å². The highest BCUT2D eigenvalue weighted by atomic mass is 35.5. The Balaban J connectivity index is 1.59. The van der Waals surface area contributed by atoms with Gasteiger partial charge in [0.05, 0.1) is 5.69 Å². The molecule has 0 atom stereocenters. The number of carbonyl (C=O) groups excluding carboxylic acids is 1. The summed E-state index contributed by atoms with van der Waals surface area (Å²) < 4.78 is 0. The molecule has 0 saturated carbocycles. The molecule has 1 aliphatic rings. The first-order chi connectivity index (χ1) is 15.2. The number of halogens is 1. The summed E-state index contributed by atoms with van der Waals surface area (Å²) in [5.41, 5.74) is 3.30. The van der Waals surface area contributed by atoms with Crippen LogP contribution in [0.15, 0.2) is 52.8 Å². The minimum atomic E-state index is -0.0470. The molecule has 0 unspecified atom stereocenters. The maximum Gasteiger partial charge on any atom is 0.251 e. The minimum Gasteiger partial charge on any atom is -0.355 e. The highest BCUT2D eigenvalue weighted by Crippen LogP contribution is 2.42. The molecule has 0 spiro atoms. The zero-order valence-corrected chi connectivity index (χ0v) is 21.1. The molecule has 2 N–H and O–H groups in total. The lowest BCUT2D eigenvalue weighted by Crippen LogP contribution is -2.34. The van der Waals surface area contributed by atoms with Gasteiger partial charge in [-0.25, -0.2) is 0 Å². The van der Waals surface area contributed by atoms with Crippen LogP contribution < -0.4 is 10.6 Å². The summed E-state index contributed by atoms with van der Waals surface area (Å²) in [4.78, 5) is 17.4. The molecule has 0 aliphatic carbocycles. The third-order valence-electron chi connectivity index (χ3n) is 5.20. The fourth-order valence-corrected chi connectivity index (χ4v) is 5.12. The summed E-state index contributed by atoms with van der Waals surface area (Å²) in [6.45, 7) is 17.0. The van der Waals surface area contributed by atoms with E-state index in [1.165, 1.54) is 0 Å². The van der Waals surface area contributed by atoms with Gasteiger partial charge in [0.1, 0.15) is 0 Å². The van der Waals surface area contributed by atoms with Gasteiger partial charge in [-0.3, -0.25) is 4.79 Å². The Morgan fingerprint density at radius 3 is 2.47 bits per heavy atom. The third kappa shape index (κ3) is 6.77. The highest BCUT2D eigenvalue weighted by Gasteiger charge is 2.18. The molecule has 4 nitrogen and oxygen atoms in total. The fourth-order valence-electron chi connectivity index (χ4n) is 3.93. The van der Waals surface area contributed by atoms with Gasteiger partial charge in [-0.15, -0.1) is 0 Å². The Labute approximate surface area is 201 Å². The number of benzene rings is 2. The Morgan fingerprint density at radius 1 is 1.09 bits per heavy atom. The van der Waals surface area contributed by atoms with Crippen LogP contribution in [0.5, 0.6) is 0 Å². The highest BCUT2D eigenvalue weighted by molar-refractivity contribution is 7.99. The third-order valence-corrected chi connectivity index (χ3v) is 6.58. The van der Waals surface area contributed by atoms with Crippen LogP contribution in [0.2, 0.25) is 5.02 Å². The molecular formula is C26H34ClN3OS. The van der Waals surface area contributed by atoms with E-state index in [9.17, 15) is 4.79 Å². The smallest absolute Gasteiger partial charge is 0.251 e. The largest absolute Gasteiger partial charge is 0.355 e. The van der Waals surface area contributed by atoms with Gasteiger partial charge in [-0.1, -0.05) is 57.6 Å². The van der Waals surface area contributed by atoms with Crippen LogP contribution >= 0.6 is 23.4 Å². The van der Waals surface area contributed by atoms with Crippen LogP contribution in [-0.2, 0) is 0 Å². The van der Waals surface area contributed by atoms with Crippen molar-refractivity contribution in [1.82, 2.24) is 10.2 Å². The lowest BCUT2D eigenvalue weighted by molar-refractivity contribution is 0.0950. The molecule has 0 fully saturated rings. The molecule has 2 aromatic carbocycles. The van der Waals surface area contributed by atoms with Gasteiger partial charge >= 0.3 is 0 Å². The first-order valence-electron chi connectivity index (χ1n) is 11.3. The maximum absolute atomic E-state index is 12.8. The van der Waals surface area contributed by atoms with E-state index in [1.807, 2.05) is 36.4 Å². The average Bonchev–Trinajstić information content (AvgIpc) is 2.85. The second-order valence-corrected chi connectivity index (χ2v) is 10.7. The van der Waals surface area contributed by atoms with Crippen molar-refractivity contribution in [2.75, 3.05) is 31.5 Å². The van der Waals surface area contributed by atoms with E-state index in [0.717, 1.165) is 52.8 Å². The number of rotatable bonds is 9. The van der Waals surface area contributed by atoms with Crippen LogP contribution in [0.4, 0.5) is 5.69 Å². The zero-order chi connectivity index (χ0) is 23.3. The van der Waals surface area contributed by atoms with Crippen molar-refractivity contribution in [3.8, 4) is 0 Å². The molecule has 2 aromatic rings. The summed E-state index contributed by atoms with van der Waals surface area (Å²) in [7, 11) is 0. The van der Waals surface area contributed by atoms with Crippen LogP contribution in [-0.4, -0.2) is 37.0 Å². The monoisotopic (exact) mass is 471 g/mol. The number of anilines is 1. The van der Waals surface area contributed by atoms with Crippen molar-refractivity contribution >= 4 is 40.7 Å². The molecule has 0 bridgehead atoms. The van der Waals surface area contributed by atoms with Gasteiger partial charge in [0.25, 0.3) is 5.91 Å². The van der Waals surface area contributed by atoms with E-state index in [1.54, 1.807) is 11.8 Å². The van der Waals surface area contributed by atoms with Crippen LogP contribution in [0.1, 0.15) is 50.0 Å². The average molecular weight is 472 g/mol. The Kier molecular flexibility index (Phi) is 8.69. The van der Waals surface area contributed by atoms with E-state index in [2.05, 4.69) is 49.8 Å². The zero-order valence-electron chi connectivity index (χ0n) is 19.5. The molecule has 172 valence electrons. The number of fused-ring (bicyclic) bond motifs is 2. The van der Waals surface area contributed by atoms with E-state index < -0.39 is 0 Å². The Morgan fingerprint density at radius 2 is 1.78 bits per heavy atom. The number of carbonyl (C=O) groups is 1. The molecule has 0 radical (unpaired) electrons. The first kappa shape index (κ1) is 24.7. The van der Waals surface area contributed by atoms with Gasteiger partial charge in [0, 0.05) is 51.3 Å². The van der Waals surface area contributed by atoms with Crippen molar-refractivity contribution in [3.05, 3.63) is 59.1 Å². The fraction of sp³-hybridized carbons (Fsp3) is 0.423.